The number of unbranched alkanes of at least 4 members (excludes halogenated alkanes) is 1. The van der Waals surface area contributed by atoms with E-state index in [0.717, 1.165) is 6.42 Å². The van der Waals surface area contributed by atoms with Gasteiger partial charge in [-0.1, -0.05) is 29.8 Å². The molecule has 0 radical (unpaired) electrons. The molecule has 0 N–H and O–H groups in total. The molecule has 1 atom stereocenters. The van der Waals surface area contributed by atoms with Crippen LogP contribution in [0.4, 0.5) is 8.78 Å². The van der Waals surface area contributed by atoms with Crippen LogP contribution in [0.25, 0.3) is 0 Å². The number of benzene rings is 2. The summed E-state index contributed by atoms with van der Waals surface area (Å²) in [4.78, 5) is 14.5. The number of aryl methyl sites for hydroxylation is 1. The Labute approximate surface area is 204 Å². The number of alkyl halides is 1. The van der Waals surface area contributed by atoms with Crippen molar-refractivity contribution in [1.82, 2.24) is 4.90 Å². The van der Waals surface area contributed by atoms with Gasteiger partial charge in [0.2, 0.25) is 5.75 Å². The van der Waals surface area contributed by atoms with Crippen molar-refractivity contribution in [2.24, 2.45) is 0 Å². The topological polar surface area (TPSA) is 48.0 Å². The van der Waals surface area contributed by atoms with Crippen LogP contribution in [0.1, 0.15) is 47.7 Å². The fraction of sp³-hybridized carbons (Fsp3) is 0.500. The highest BCUT2D eigenvalue weighted by Crippen LogP contribution is 2.48. The number of Topliss-reactive ketones (excluding diaryl/α,β-unsaturated/α-hetero) is 1. The van der Waals surface area contributed by atoms with E-state index in [9.17, 15) is 13.6 Å². The molecule has 1 fully saturated rings. The number of ether oxygens (including phenoxy) is 3. The molecule has 3 rings (SSSR count). The van der Waals surface area contributed by atoms with E-state index in [1.54, 1.807) is 19.1 Å². The Morgan fingerprint density at radius 2 is 1.88 bits per heavy atom. The largest absolute Gasteiger partial charge is 0.491 e. The lowest BCUT2D eigenvalue weighted by Crippen LogP contribution is -2.27. The van der Waals surface area contributed by atoms with Gasteiger partial charge in [-0.2, -0.15) is 0 Å². The summed E-state index contributed by atoms with van der Waals surface area (Å²) in [5.41, 5.74) is 1.56. The predicted molar refractivity (Wildman–Crippen MR) is 129 cm³/mol. The van der Waals surface area contributed by atoms with Gasteiger partial charge in [0, 0.05) is 19.6 Å². The van der Waals surface area contributed by atoms with Crippen LogP contribution in [-0.2, 0) is 6.42 Å². The molecule has 5 nitrogen and oxygen atoms in total. The molecule has 1 heterocycles. The van der Waals surface area contributed by atoms with Crippen LogP contribution >= 0.6 is 11.6 Å². The maximum absolute atomic E-state index is 13.8. The van der Waals surface area contributed by atoms with E-state index < -0.39 is 6.17 Å². The highest BCUT2D eigenvalue weighted by atomic mass is 35.5. The second kappa shape index (κ2) is 12.4. The van der Waals surface area contributed by atoms with Crippen molar-refractivity contribution in [3.63, 3.8) is 0 Å². The fourth-order valence-corrected chi connectivity index (χ4v) is 4.46. The summed E-state index contributed by atoms with van der Waals surface area (Å²) < 4.78 is 44.9. The Hall–Kier alpha value is -2.38. The van der Waals surface area contributed by atoms with Crippen LogP contribution < -0.4 is 14.2 Å². The number of ketones is 1. The van der Waals surface area contributed by atoms with Gasteiger partial charge in [-0.15, -0.1) is 0 Å². The summed E-state index contributed by atoms with van der Waals surface area (Å²) in [5.74, 6) is 0.453. The Morgan fingerprint density at radius 3 is 2.53 bits per heavy atom. The Bertz CT molecular complexity index is 1000. The van der Waals surface area contributed by atoms with Crippen LogP contribution in [0.2, 0.25) is 5.02 Å². The molecule has 1 aliphatic rings. The van der Waals surface area contributed by atoms with Crippen LogP contribution in [0, 0.1) is 12.7 Å². The SMILES string of the molecule is COc1c(Cl)c(C)c(C(C)=O)c(OCCN2CCC(F)C2)c1OCCCCc1ccccc1F. The van der Waals surface area contributed by atoms with Crippen molar-refractivity contribution in [3.8, 4) is 17.2 Å². The van der Waals surface area contributed by atoms with Gasteiger partial charge in [-0.25, -0.2) is 8.78 Å². The average Bonchev–Trinajstić information content (AvgIpc) is 3.22. The number of likely N-dealkylation sites (tertiary alicyclic amines) is 1. The molecule has 34 heavy (non-hydrogen) atoms. The maximum atomic E-state index is 13.8. The zero-order chi connectivity index (χ0) is 24.7. The van der Waals surface area contributed by atoms with Gasteiger partial charge >= 0.3 is 0 Å². The zero-order valence-electron chi connectivity index (χ0n) is 20.0. The Morgan fingerprint density at radius 1 is 1.15 bits per heavy atom. The molecular weight excluding hydrogens is 464 g/mol. The molecule has 186 valence electrons. The number of rotatable bonds is 12. The highest BCUT2D eigenvalue weighted by molar-refractivity contribution is 6.34. The minimum atomic E-state index is -0.811. The monoisotopic (exact) mass is 495 g/mol. The lowest BCUT2D eigenvalue weighted by Gasteiger charge is -2.22. The summed E-state index contributed by atoms with van der Waals surface area (Å²) in [6.45, 7) is 5.36. The number of methoxy groups -OCH3 is 1. The Kier molecular flexibility index (Phi) is 9.54. The molecule has 0 aromatic heterocycles. The van der Waals surface area contributed by atoms with Crippen LogP contribution in [0.15, 0.2) is 24.3 Å². The molecule has 0 aliphatic carbocycles. The fourth-order valence-electron chi connectivity index (χ4n) is 4.20. The first-order chi connectivity index (χ1) is 16.3. The van der Waals surface area contributed by atoms with Crippen LogP contribution in [-0.4, -0.2) is 56.8 Å². The van der Waals surface area contributed by atoms with E-state index in [0.29, 0.717) is 73.0 Å². The van der Waals surface area contributed by atoms with Crippen molar-refractivity contribution in [2.75, 3.05) is 40.0 Å². The van der Waals surface area contributed by atoms with Crippen molar-refractivity contribution < 1.29 is 27.8 Å². The highest BCUT2D eigenvalue weighted by Gasteiger charge is 2.27. The normalized spacial score (nSPS) is 16.0. The van der Waals surface area contributed by atoms with Crippen molar-refractivity contribution >= 4 is 17.4 Å². The lowest BCUT2D eigenvalue weighted by molar-refractivity contribution is 0.101. The summed E-state index contributed by atoms with van der Waals surface area (Å²) in [7, 11) is 1.48. The van der Waals surface area contributed by atoms with Crippen LogP contribution in [0.5, 0.6) is 17.2 Å². The summed E-state index contributed by atoms with van der Waals surface area (Å²) in [6, 6.07) is 6.71. The Balaban J connectivity index is 1.73. The van der Waals surface area contributed by atoms with E-state index in [2.05, 4.69) is 0 Å². The van der Waals surface area contributed by atoms with Gasteiger partial charge in [-0.3, -0.25) is 9.69 Å². The minimum Gasteiger partial charge on any atom is -0.491 e. The quantitative estimate of drug-likeness (QED) is 0.274. The number of carbonyl (C=O) groups is 1. The lowest BCUT2D eigenvalue weighted by atomic mass is 10.0. The first-order valence-electron chi connectivity index (χ1n) is 11.6. The molecule has 0 spiro atoms. The molecule has 0 amide bonds. The van der Waals surface area contributed by atoms with E-state index in [4.69, 9.17) is 25.8 Å². The van der Waals surface area contributed by atoms with Crippen molar-refractivity contribution in [1.29, 1.82) is 0 Å². The van der Waals surface area contributed by atoms with E-state index in [-0.39, 0.29) is 29.7 Å². The maximum Gasteiger partial charge on any atom is 0.205 e. The molecule has 2 aromatic rings. The minimum absolute atomic E-state index is 0.202. The second-order valence-electron chi connectivity index (χ2n) is 8.49. The summed E-state index contributed by atoms with van der Waals surface area (Å²) in [5, 5.41) is 0.293. The first kappa shape index (κ1) is 26.2. The molecule has 8 heteroatoms. The standard InChI is InChI=1S/C26H32ClF2NO4/c1-17-22(18(2)31)24(34-15-13-30-12-11-20(28)16-30)26(25(32-3)23(17)27)33-14-7-6-9-19-8-4-5-10-21(19)29/h4-5,8,10,20H,6-7,9,11-16H2,1-3H3. The smallest absolute Gasteiger partial charge is 0.205 e. The second-order valence-corrected chi connectivity index (χ2v) is 8.87. The molecule has 1 aliphatic heterocycles. The molecule has 0 bridgehead atoms. The van der Waals surface area contributed by atoms with Crippen molar-refractivity contribution in [3.05, 3.63) is 51.8 Å². The van der Waals surface area contributed by atoms with Crippen LogP contribution in [0.3, 0.4) is 0 Å². The third kappa shape index (κ3) is 6.39. The zero-order valence-corrected chi connectivity index (χ0v) is 20.7. The third-order valence-electron chi connectivity index (χ3n) is 6.01. The number of nitrogens with zero attached hydrogens (tertiary/aromatic N) is 1. The van der Waals surface area contributed by atoms with Gasteiger partial charge in [0.1, 0.15) is 18.6 Å². The summed E-state index contributed by atoms with van der Waals surface area (Å²) >= 11 is 6.51. The van der Waals surface area contributed by atoms with E-state index in [1.807, 2.05) is 11.0 Å². The molecule has 0 saturated carbocycles. The number of carbonyl (C=O) groups excluding carboxylic acids is 1. The molecule has 1 unspecified atom stereocenters. The predicted octanol–water partition coefficient (Wildman–Crippen LogP) is 5.82. The number of halogens is 3. The van der Waals surface area contributed by atoms with Gasteiger partial charge in [0.25, 0.3) is 0 Å². The van der Waals surface area contributed by atoms with Gasteiger partial charge in [-0.05, 0) is 56.7 Å². The van der Waals surface area contributed by atoms with Gasteiger partial charge < -0.3 is 14.2 Å². The number of hydrogen-bond acceptors (Lipinski definition) is 5. The molecule has 2 aromatic carbocycles. The average molecular weight is 496 g/mol. The third-order valence-corrected chi connectivity index (χ3v) is 6.47. The van der Waals surface area contributed by atoms with Gasteiger partial charge in [0.15, 0.2) is 17.3 Å². The molecule has 1 saturated heterocycles. The number of hydrogen-bond donors (Lipinski definition) is 0. The summed E-state index contributed by atoms with van der Waals surface area (Å²) in [6.07, 6.45) is 1.68. The molecular formula is C26H32ClF2NO4. The van der Waals surface area contributed by atoms with E-state index in [1.165, 1.54) is 20.1 Å². The van der Waals surface area contributed by atoms with Gasteiger partial charge in [0.05, 0.1) is 24.3 Å². The van der Waals surface area contributed by atoms with Crippen molar-refractivity contribution in [2.45, 2.75) is 45.7 Å². The first-order valence-corrected chi connectivity index (χ1v) is 12.0. The van der Waals surface area contributed by atoms with E-state index >= 15 is 0 Å².